The summed E-state index contributed by atoms with van der Waals surface area (Å²) >= 11 is 0. The lowest BCUT2D eigenvalue weighted by atomic mass is 10.1. The third-order valence-electron chi connectivity index (χ3n) is 5.55. The van der Waals surface area contributed by atoms with E-state index in [0.29, 0.717) is 36.8 Å². The molecule has 1 atom stereocenters. The molecule has 2 aliphatic heterocycles. The van der Waals surface area contributed by atoms with Crippen molar-refractivity contribution in [3.05, 3.63) is 78.4 Å². The molecule has 2 heterocycles. The molecule has 0 aliphatic carbocycles. The molecule has 1 unspecified atom stereocenters. The molecule has 162 valence electrons. The molecular formula is C25H22N2O5. The van der Waals surface area contributed by atoms with Crippen molar-refractivity contribution in [1.29, 1.82) is 0 Å². The van der Waals surface area contributed by atoms with Crippen molar-refractivity contribution >= 4 is 17.5 Å². The number of carbonyl (C=O) groups excluding carboxylic acids is 2. The molecule has 0 radical (unpaired) electrons. The van der Waals surface area contributed by atoms with Crippen LogP contribution in [0, 0.1) is 5.92 Å². The summed E-state index contributed by atoms with van der Waals surface area (Å²) in [5.41, 5.74) is 1.64. The Morgan fingerprint density at radius 1 is 0.969 bits per heavy atom. The molecule has 0 bridgehead atoms. The molecule has 32 heavy (non-hydrogen) atoms. The Morgan fingerprint density at radius 2 is 1.72 bits per heavy atom. The second-order valence-electron chi connectivity index (χ2n) is 7.65. The smallest absolute Gasteiger partial charge is 0.239 e. The van der Waals surface area contributed by atoms with Crippen LogP contribution in [0.5, 0.6) is 23.0 Å². The fraction of sp³-hybridized carbons (Fsp3) is 0.200. The largest absolute Gasteiger partial charge is 0.457 e. The summed E-state index contributed by atoms with van der Waals surface area (Å²) in [7, 11) is 0. The van der Waals surface area contributed by atoms with Gasteiger partial charge >= 0.3 is 0 Å². The van der Waals surface area contributed by atoms with Gasteiger partial charge in [-0.15, -0.1) is 0 Å². The second kappa shape index (κ2) is 8.63. The van der Waals surface area contributed by atoms with Gasteiger partial charge in [-0.2, -0.15) is 0 Å². The van der Waals surface area contributed by atoms with Gasteiger partial charge in [-0.3, -0.25) is 9.59 Å². The van der Waals surface area contributed by atoms with Crippen LogP contribution in [0.2, 0.25) is 0 Å². The minimum absolute atomic E-state index is 0.190. The molecule has 2 amide bonds. The molecule has 3 aromatic rings. The highest BCUT2D eigenvalue weighted by molar-refractivity contribution is 6.09. The Kier molecular flexibility index (Phi) is 5.37. The van der Waals surface area contributed by atoms with Crippen LogP contribution in [0.15, 0.2) is 72.8 Å². The Hall–Kier alpha value is -4.00. The number of benzene rings is 3. The predicted molar refractivity (Wildman–Crippen MR) is 118 cm³/mol. The zero-order valence-corrected chi connectivity index (χ0v) is 17.3. The van der Waals surface area contributed by atoms with Crippen LogP contribution < -0.4 is 24.4 Å². The number of hydrogen-bond acceptors (Lipinski definition) is 5. The van der Waals surface area contributed by atoms with Gasteiger partial charge in [-0.1, -0.05) is 24.3 Å². The van der Waals surface area contributed by atoms with Crippen LogP contribution in [0.4, 0.5) is 5.69 Å². The lowest BCUT2D eigenvalue weighted by Gasteiger charge is -2.17. The van der Waals surface area contributed by atoms with Crippen LogP contribution in [-0.4, -0.2) is 25.2 Å². The highest BCUT2D eigenvalue weighted by Gasteiger charge is 2.37. The summed E-state index contributed by atoms with van der Waals surface area (Å²) in [6, 6.07) is 22.3. The molecule has 7 nitrogen and oxygen atoms in total. The van der Waals surface area contributed by atoms with E-state index in [0.717, 1.165) is 17.0 Å². The summed E-state index contributed by atoms with van der Waals surface area (Å²) in [5, 5.41) is 2.87. The standard InChI is InChI=1S/C25H22N2O5/c28-24(26-15-17-6-11-22-23(14-17)31-16-30-22)21-12-13-27(25(21)29)18-7-9-20(10-8-18)32-19-4-2-1-3-5-19/h1-11,14,21H,12-13,15-16H2,(H,26,28). The molecule has 0 spiro atoms. The zero-order chi connectivity index (χ0) is 21.9. The highest BCUT2D eigenvalue weighted by atomic mass is 16.7. The SMILES string of the molecule is O=C(NCc1ccc2c(c1)OCO2)C1CCN(c2ccc(Oc3ccccc3)cc2)C1=O. The Morgan fingerprint density at radius 3 is 2.53 bits per heavy atom. The topological polar surface area (TPSA) is 77.1 Å². The number of para-hydroxylation sites is 1. The van der Waals surface area contributed by atoms with Gasteiger partial charge in [0.2, 0.25) is 18.6 Å². The number of hydrogen-bond donors (Lipinski definition) is 1. The third-order valence-corrected chi connectivity index (χ3v) is 5.55. The maximum Gasteiger partial charge on any atom is 0.239 e. The van der Waals surface area contributed by atoms with Gasteiger partial charge in [0.1, 0.15) is 17.4 Å². The molecule has 1 fully saturated rings. The minimum Gasteiger partial charge on any atom is -0.457 e. The van der Waals surface area contributed by atoms with Gasteiger partial charge in [0.25, 0.3) is 0 Å². The van der Waals surface area contributed by atoms with Crippen LogP contribution in [0.1, 0.15) is 12.0 Å². The van der Waals surface area contributed by atoms with Crippen molar-refractivity contribution in [2.24, 2.45) is 5.92 Å². The van der Waals surface area contributed by atoms with Gasteiger partial charge in [0.05, 0.1) is 0 Å². The number of rotatable bonds is 6. The fourth-order valence-corrected chi connectivity index (χ4v) is 3.86. The van der Waals surface area contributed by atoms with Gasteiger partial charge in [0.15, 0.2) is 11.5 Å². The van der Waals surface area contributed by atoms with E-state index in [9.17, 15) is 9.59 Å². The van der Waals surface area contributed by atoms with E-state index in [4.69, 9.17) is 14.2 Å². The van der Waals surface area contributed by atoms with E-state index >= 15 is 0 Å². The van der Waals surface area contributed by atoms with Gasteiger partial charge < -0.3 is 24.4 Å². The molecule has 2 aliphatic rings. The van der Waals surface area contributed by atoms with Crippen LogP contribution in [0.25, 0.3) is 0 Å². The van der Waals surface area contributed by atoms with Gasteiger partial charge in [-0.05, 0) is 60.5 Å². The highest BCUT2D eigenvalue weighted by Crippen LogP contribution is 2.33. The maximum absolute atomic E-state index is 12.9. The van der Waals surface area contributed by atoms with E-state index in [1.807, 2.05) is 72.8 Å². The van der Waals surface area contributed by atoms with Crippen molar-refractivity contribution in [1.82, 2.24) is 5.32 Å². The van der Waals surface area contributed by atoms with Crippen molar-refractivity contribution in [3.63, 3.8) is 0 Å². The number of amides is 2. The lowest BCUT2D eigenvalue weighted by molar-refractivity contribution is -0.132. The van der Waals surface area contributed by atoms with Crippen LogP contribution in [-0.2, 0) is 16.1 Å². The van der Waals surface area contributed by atoms with Crippen molar-refractivity contribution < 1.29 is 23.8 Å². The molecular weight excluding hydrogens is 408 g/mol. The zero-order valence-electron chi connectivity index (χ0n) is 17.3. The predicted octanol–water partition coefficient (Wildman–Crippen LogP) is 3.88. The maximum atomic E-state index is 12.9. The Bertz CT molecular complexity index is 1130. The quantitative estimate of drug-likeness (QED) is 0.601. The minimum atomic E-state index is -0.691. The molecule has 3 aromatic carbocycles. The molecule has 1 saturated heterocycles. The number of fused-ring (bicyclic) bond motifs is 1. The van der Waals surface area contributed by atoms with E-state index in [1.54, 1.807) is 4.90 Å². The summed E-state index contributed by atoms with van der Waals surface area (Å²) < 4.78 is 16.5. The Balaban J connectivity index is 1.18. The van der Waals surface area contributed by atoms with Gasteiger partial charge in [-0.25, -0.2) is 0 Å². The average molecular weight is 430 g/mol. The molecule has 0 saturated carbocycles. The number of ether oxygens (including phenoxy) is 3. The van der Waals surface area contributed by atoms with Gasteiger partial charge in [0, 0.05) is 18.8 Å². The third kappa shape index (κ3) is 4.09. The molecule has 1 N–H and O–H groups in total. The monoisotopic (exact) mass is 430 g/mol. The molecule has 0 aromatic heterocycles. The average Bonchev–Trinajstić information content (AvgIpc) is 3.45. The van der Waals surface area contributed by atoms with E-state index in [2.05, 4.69) is 5.32 Å². The first-order chi connectivity index (χ1) is 15.7. The van der Waals surface area contributed by atoms with E-state index in [1.165, 1.54) is 0 Å². The number of nitrogens with zero attached hydrogens (tertiary/aromatic N) is 1. The first-order valence-corrected chi connectivity index (χ1v) is 10.5. The Labute approximate surface area is 185 Å². The van der Waals surface area contributed by atoms with Crippen molar-refractivity contribution in [2.75, 3.05) is 18.2 Å². The summed E-state index contributed by atoms with van der Waals surface area (Å²) in [4.78, 5) is 27.2. The normalized spacial score (nSPS) is 16.8. The lowest BCUT2D eigenvalue weighted by Crippen LogP contribution is -2.36. The first-order valence-electron chi connectivity index (χ1n) is 10.5. The van der Waals surface area contributed by atoms with E-state index < -0.39 is 5.92 Å². The summed E-state index contributed by atoms with van der Waals surface area (Å²) in [6.07, 6.45) is 0.480. The van der Waals surface area contributed by atoms with Crippen molar-refractivity contribution in [3.8, 4) is 23.0 Å². The summed E-state index contributed by atoms with van der Waals surface area (Å²) in [6.45, 7) is 1.03. The molecule has 7 heteroatoms. The van der Waals surface area contributed by atoms with E-state index in [-0.39, 0.29) is 18.6 Å². The summed E-state index contributed by atoms with van der Waals surface area (Å²) in [5.74, 6) is 1.65. The second-order valence-corrected chi connectivity index (χ2v) is 7.65. The van der Waals surface area contributed by atoms with Crippen LogP contribution in [0.3, 0.4) is 0 Å². The number of nitrogens with one attached hydrogen (secondary N) is 1. The molecule has 5 rings (SSSR count). The van der Waals surface area contributed by atoms with Crippen LogP contribution >= 0.6 is 0 Å². The van der Waals surface area contributed by atoms with Crippen molar-refractivity contribution in [2.45, 2.75) is 13.0 Å². The number of anilines is 1. The first kappa shape index (κ1) is 19.9. The fourth-order valence-electron chi connectivity index (χ4n) is 3.86. The number of carbonyl (C=O) groups is 2.